The summed E-state index contributed by atoms with van der Waals surface area (Å²) in [5, 5.41) is 8.77. The Hall–Kier alpha value is -0.570. The molecule has 0 aromatic rings. The first-order valence-corrected chi connectivity index (χ1v) is 5.20. The average molecular weight is 185 g/mol. The molecule has 76 valence electrons. The first-order valence-electron chi connectivity index (χ1n) is 5.20. The number of carboxylic acid groups (broad SMARTS) is 1. The van der Waals surface area contributed by atoms with Gasteiger partial charge in [0, 0.05) is 0 Å². The highest BCUT2D eigenvalue weighted by molar-refractivity contribution is 5.73. The second-order valence-corrected chi connectivity index (χ2v) is 3.97. The number of carboxylic acids is 1. The van der Waals surface area contributed by atoms with Crippen LogP contribution in [0, 0.1) is 5.92 Å². The molecule has 0 amide bonds. The van der Waals surface area contributed by atoms with Crippen molar-refractivity contribution in [2.45, 2.75) is 51.0 Å². The molecule has 1 fully saturated rings. The van der Waals surface area contributed by atoms with E-state index < -0.39 is 12.0 Å². The van der Waals surface area contributed by atoms with Gasteiger partial charge in [0.15, 0.2) is 0 Å². The van der Waals surface area contributed by atoms with E-state index in [1.807, 2.05) is 0 Å². The van der Waals surface area contributed by atoms with Gasteiger partial charge in [-0.05, 0) is 18.8 Å². The second kappa shape index (κ2) is 5.22. The van der Waals surface area contributed by atoms with E-state index in [2.05, 4.69) is 0 Å². The van der Waals surface area contributed by atoms with Gasteiger partial charge in [-0.2, -0.15) is 0 Å². The summed E-state index contributed by atoms with van der Waals surface area (Å²) in [5.74, 6) is -0.636. The molecule has 1 saturated carbocycles. The molecule has 0 heterocycles. The molecule has 0 aromatic carbocycles. The van der Waals surface area contributed by atoms with Crippen LogP contribution in [0.1, 0.15) is 44.9 Å². The molecule has 1 aliphatic carbocycles. The van der Waals surface area contributed by atoms with Gasteiger partial charge < -0.3 is 10.8 Å². The highest BCUT2D eigenvalue weighted by atomic mass is 16.4. The first-order chi connectivity index (χ1) is 6.22. The predicted octanol–water partition coefficient (Wildman–Crippen LogP) is 1.76. The van der Waals surface area contributed by atoms with Crippen LogP contribution in [0.2, 0.25) is 0 Å². The highest BCUT2D eigenvalue weighted by Crippen LogP contribution is 2.24. The third-order valence-corrected chi connectivity index (χ3v) is 2.94. The van der Waals surface area contributed by atoms with Crippen LogP contribution >= 0.6 is 0 Å². The van der Waals surface area contributed by atoms with Crippen molar-refractivity contribution < 1.29 is 9.90 Å². The van der Waals surface area contributed by atoms with E-state index in [-0.39, 0.29) is 5.92 Å². The van der Waals surface area contributed by atoms with Gasteiger partial charge in [-0.3, -0.25) is 4.79 Å². The molecular formula is C10H19NO2. The van der Waals surface area contributed by atoms with Crippen molar-refractivity contribution in [1.82, 2.24) is 0 Å². The molecule has 0 aromatic heterocycles. The zero-order valence-corrected chi connectivity index (χ0v) is 8.04. The summed E-state index contributed by atoms with van der Waals surface area (Å²) in [5.41, 5.74) is 5.61. The maximum Gasteiger partial charge on any atom is 0.320 e. The van der Waals surface area contributed by atoms with E-state index in [1.165, 1.54) is 19.3 Å². The molecule has 1 aliphatic rings. The van der Waals surface area contributed by atoms with Gasteiger partial charge in [0.25, 0.3) is 0 Å². The minimum atomic E-state index is -0.842. The second-order valence-electron chi connectivity index (χ2n) is 3.97. The summed E-state index contributed by atoms with van der Waals surface area (Å²) < 4.78 is 0. The van der Waals surface area contributed by atoms with Crippen molar-refractivity contribution in [3.63, 3.8) is 0 Å². The number of carbonyl (C=O) groups is 1. The Morgan fingerprint density at radius 2 is 1.62 bits per heavy atom. The molecular weight excluding hydrogens is 166 g/mol. The Bertz CT molecular complexity index is 162. The molecule has 3 heteroatoms. The van der Waals surface area contributed by atoms with E-state index >= 15 is 0 Å². The van der Waals surface area contributed by atoms with Crippen molar-refractivity contribution in [2.75, 3.05) is 0 Å². The monoisotopic (exact) mass is 185 g/mol. The molecule has 0 bridgehead atoms. The van der Waals surface area contributed by atoms with Gasteiger partial charge in [0.1, 0.15) is 6.04 Å². The molecule has 0 saturated heterocycles. The Balaban J connectivity index is 2.40. The van der Waals surface area contributed by atoms with Gasteiger partial charge in [-0.15, -0.1) is 0 Å². The van der Waals surface area contributed by atoms with E-state index in [4.69, 9.17) is 10.8 Å². The molecule has 3 nitrogen and oxygen atoms in total. The zero-order valence-electron chi connectivity index (χ0n) is 8.04. The molecule has 0 unspecified atom stereocenters. The fraction of sp³-hybridized carbons (Fsp3) is 0.900. The average Bonchev–Trinajstić information content (AvgIpc) is 2.02. The summed E-state index contributed by atoms with van der Waals surface area (Å²) in [6.07, 6.45) is 8.05. The number of nitrogens with two attached hydrogens (primary N) is 1. The van der Waals surface area contributed by atoms with Crippen LogP contribution in [0.5, 0.6) is 0 Å². The standard InChI is InChI=1S/C10H19NO2/c11-9(10(12)13)8-6-4-2-1-3-5-7-8/h8-9H,1-7,11H2,(H,12,13)/t9-/m1/s1. The smallest absolute Gasteiger partial charge is 0.320 e. The third-order valence-electron chi connectivity index (χ3n) is 2.94. The largest absolute Gasteiger partial charge is 0.480 e. The molecule has 0 spiro atoms. The van der Waals surface area contributed by atoms with Crippen LogP contribution in [-0.4, -0.2) is 17.1 Å². The summed E-state index contributed by atoms with van der Waals surface area (Å²) in [6.45, 7) is 0. The van der Waals surface area contributed by atoms with Gasteiger partial charge in [0.2, 0.25) is 0 Å². The Kier molecular flexibility index (Phi) is 4.22. The SMILES string of the molecule is N[C@@H](C(=O)O)C1CCCCCCC1. The summed E-state index contributed by atoms with van der Waals surface area (Å²) >= 11 is 0. The van der Waals surface area contributed by atoms with Crippen molar-refractivity contribution in [3.8, 4) is 0 Å². The van der Waals surface area contributed by atoms with Gasteiger partial charge in [0.05, 0.1) is 0 Å². The molecule has 1 atom stereocenters. The lowest BCUT2D eigenvalue weighted by Crippen LogP contribution is -2.38. The van der Waals surface area contributed by atoms with Crippen molar-refractivity contribution in [1.29, 1.82) is 0 Å². The molecule has 13 heavy (non-hydrogen) atoms. The minimum absolute atomic E-state index is 0.206. The maximum atomic E-state index is 10.7. The van der Waals surface area contributed by atoms with E-state index in [0.717, 1.165) is 25.7 Å². The quantitative estimate of drug-likeness (QED) is 0.689. The topological polar surface area (TPSA) is 63.3 Å². The number of aliphatic carboxylic acids is 1. The number of hydrogen-bond donors (Lipinski definition) is 2. The number of hydrogen-bond acceptors (Lipinski definition) is 2. The van der Waals surface area contributed by atoms with Crippen molar-refractivity contribution in [3.05, 3.63) is 0 Å². The van der Waals surface area contributed by atoms with Crippen LogP contribution in [0.3, 0.4) is 0 Å². The summed E-state index contributed by atoms with van der Waals surface area (Å²) in [4.78, 5) is 10.7. The molecule has 3 N–H and O–H groups in total. The fourth-order valence-corrected chi connectivity index (χ4v) is 2.05. The van der Waals surface area contributed by atoms with E-state index in [1.54, 1.807) is 0 Å². The third kappa shape index (κ3) is 3.35. The van der Waals surface area contributed by atoms with Crippen LogP contribution in [0.25, 0.3) is 0 Å². The van der Waals surface area contributed by atoms with Gasteiger partial charge in [-0.25, -0.2) is 0 Å². The summed E-state index contributed by atoms with van der Waals surface area (Å²) in [7, 11) is 0. The zero-order chi connectivity index (χ0) is 9.68. The Morgan fingerprint density at radius 1 is 1.15 bits per heavy atom. The van der Waals surface area contributed by atoms with E-state index in [0.29, 0.717) is 0 Å². The van der Waals surface area contributed by atoms with Gasteiger partial charge in [-0.1, -0.05) is 32.1 Å². The molecule has 0 aliphatic heterocycles. The maximum absolute atomic E-state index is 10.7. The fourth-order valence-electron chi connectivity index (χ4n) is 2.05. The lowest BCUT2D eigenvalue weighted by atomic mass is 9.86. The van der Waals surface area contributed by atoms with E-state index in [9.17, 15) is 4.79 Å². The Morgan fingerprint density at radius 3 is 2.08 bits per heavy atom. The minimum Gasteiger partial charge on any atom is -0.480 e. The van der Waals surface area contributed by atoms with Crippen LogP contribution in [-0.2, 0) is 4.79 Å². The first kappa shape index (κ1) is 10.5. The normalized spacial score (nSPS) is 23.2. The van der Waals surface area contributed by atoms with Crippen LogP contribution in [0.4, 0.5) is 0 Å². The van der Waals surface area contributed by atoms with Crippen molar-refractivity contribution >= 4 is 5.97 Å². The predicted molar refractivity (Wildman–Crippen MR) is 51.4 cm³/mol. The van der Waals surface area contributed by atoms with Crippen LogP contribution in [0.15, 0.2) is 0 Å². The lowest BCUT2D eigenvalue weighted by molar-refractivity contribution is -0.140. The van der Waals surface area contributed by atoms with Crippen LogP contribution < -0.4 is 5.73 Å². The number of rotatable bonds is 2. The lowest BCUT2D eigenvalue weighted by Gasteiger charge is -2.22. The molecule has 1 rings (SSSR count). The summed E-state index contributed by atoms with van der Waals surface area (Å²) in [6, 6.07) is -0.641. The van der Waals surface area contributed by atoms with Crippen molar-refractivity contribution in [2.24, 2.45) is 11.7 Å². The van der Waals surface area contributed by atoms with Gasteiger partial charge >= 0.3 is 5.97 Å². The molecule has 0 radical (unpaired) electrons. The Labute approximate surface area is 79.3 Å². The highest BCUT2D eigenvalue weighted by Gasteiger charge is 2.23.